The van der Waals surface area contributed by atoms with Crippen molar-refractivity contribution in [3.05, 3.63) is 23.2 Å². The number of hydrogen-bond donors (Lipinski definition) is 2. The Balaban J connectivity index is 2.72. The summed E-state index contributed by atoms with van der Waals surface area (Å²) in [6.45, 7) is 3.86. The van der Waals surface area contributed by atoms with Gasteiger partial charge in [-0.2, -0.15) is 0 Å². The van der Waals surface area contributed by atoms with Gasteiger partial charge in [0.2, 0.25) is 0 Å². The fraction of sp³-hybridized carbons (Fsp3) is 0.400. The zero-order valence-corrected chi connectivity index (χ0v) is 10.7. The Morgan fingerprint density at radius 1 is 1.44 bits per heavy atom. The number of rotatable bonds is 3. The quantitative estimate of drug-likeness (QED) is 0.811. The van der Waals surface area contributed by atoms with Crippen LogP contribution in [0.1, 0.15) is 24.3 Å². The Morgan fingerprint density at radius 2 is 2.11 bits per heavy atom. The van der Waals surface area contributed by atoms with Gasteiger partial charge in [0.15, 0.2) is 0 Å². The SMILES string of the molecule is CC(C)CN(NC(=O)c1cnc(Cl)cn1)C(=O)O. The first kappa shape index (κ1) is 14.2. The molecule has 0 aliphatic rings. The minimum absolute atomic E-state index is 0.00518. The van der Waals surface area contributed by atoms with E-state index in [0.29, 0.717) is 0 Å². The van der Waals surface area contributed by atoms with Crippen LogP contribution in [0.4, 0.5) is 4.79 Å². The average molecular weight is 273 g/mol. The van der Waals surface area contributed by atoms with Crippen molar-refractivity contribution >= 4 is 23.6 Å². The van der Waals surface area contributed by atoms with Crippen molar-refractivity contribution < 1.29 is 14.7 Å². The van der Waals surface area contributed by atoms with Crippen molar-refractivity contribution in [3.63, 3.8) is 0 Å². The van der Waals surface area contributed by atoms with Crippen LogP contribution in [0.2, 0.25) is 5.15 Å². The molecular formula is C10H13ClN4O3. The van der Waals surface area contributed by atoms with Crippen LogP contribution in [-0.2, 0) is 0 Å². The van der Waals surface area contributed by atoms with Crippen LogP contribution in [0.15, 0.2) is 12.4 Å². The largest absolute Gasteiger partial charge is 0.464 e. The van der Waals surface area contributed by atoms with Crippen LogP contribution in [0.25, 0.3) is 0 Å². The van der Waals surface area contributed by atoms with Crippen molar-refractivity contribution in [3.8, 4) is 0 Å². The standard InChI is InChI=1S/C10H13ClN4O3/c1-6(2)5-15(10(17)18)14-9(16)7-3-13-8(11)4-12-7/h3-4,6H,5H2,1-2H3,(H,14,16)(H,17,18). The second-order valence-corrected chi connectivity index (χ2v) is 4.34. The molecule has 1 aromatic rings. The molecule has 0 aliphatic heterocycles. The lowest BCUT2D eigenvalue weighted by Crippen LogP contribution is -2.47. The molecule has 1 aromatic heterocycles. The van der Waals surface area contributed by atoms with Crippen LogP contribution in [0.3, 0.4) is 0 Å². The number of carbonyl (C=O) groups excluding carboxylic acids is 1. The zero-order valence-electron chi connectivity index (χ0n) is 9.92. The molecule has 0 radical (unpaired) electrons. The fourth-order valence-corrected chi connectivity index (χ4v) is 1.24. The van der Waals surface area contributed by atoms with Crippen molar-refractivity contribution in [1.29, 1.82) is 0 Å². The van der Waals surface area contributed by atoms with Crippen LogP contribution in [0, 0.1) is 5.92 Å². The maximum absolute atomic E-state index is 11.7. The zero-order chi connectivity index (χ0) is 13.7. The van der Waals surface area contributed by atoms with Gasteiger partial charge < -0.3 is 5.11 Å². The molecule has 0 aliphatic carbocycles. The predicted molar refractivity (Wildman–Crippen MR) is 64.1 cm³/mol. The van der Waals surface area contributed by atoms with Crippen molar-refractivity contribution in [2.75, 3.05) is 6.54 Å². The monoisotopic (exact) mass is 272 g/mol. The molecule has 18 heavy (non-hydrogen) atoms. The number of nitrogens with zero attached hydrogens (tertiary/aromatic N) is 3. The number of nitrogens with one attached hydrogen (secondary N) is 1. The molecule has 2 N–H and O–H groups in total. The highest BCUT2D eigenvalue weighted by molar-refractivity contribution is 6.29. The summed E-state index contributed by atoms with van der Waals surface area (Å²) in [4.78, 5) is 30.0. The highest BCUT2D eigenvalue weighted by Crippen LogP contribution is 2.02. The molecule has 7 nitrogen and oxygen atoms in total. The summed E-state index contributed by atoms with van der Waals surface area (Å²) in [6.07, 6.45) is 1.15. The summed E-state index contributed by atoms with van der Waals surface area (Å²) < 4.78 is 0. The molecule has 8 heteroatoms. The molecule has 0 fully saturated rings. The van der Waals surface area contributed by atoms with Gasteiger partial charge in [0.25, 0.3) is 5.91 Å². The number of carboxylic acid groups (broad SMARTS) is 1. The summed E-state index contributed by atoms with van der Waals surface area (Å²) in [5, 5.41) is 9.88. The fourth-order valence-electron chi connectivity index (χ4n) is 1.15. The molecule has 98 valence electrons. The molecule has 1 rings (SSSR count). The number of aromatic nitrogens is 2. The molecule has 0 spiro atoms. The normalized spacial score (nSPS) is 10.2. The second kappa shape index (κ2) is 6.15. The number of carbonyl (C=O) groups is 2. The number of hydrogen-bond acceptors (Lipinski definition) is 4. The van der Waals surface area contributed by atoms with E-state index >= 15 is 0 Å². The van der Waals surface area contributed by atoms with Gasteiger partial charge in [-0.05, 0) is 5.92 Å². The summed E-state index contributed by atoms with van der Waals surface area (Å²) in [5.41, 5.74) is 2.23. The smallest absolute Gasteiger partial charge is 0.426 e. The van der Waals surface area contributed by atoms with Gasteiger partial charge >= 0.3 is 6.09 Å². The van der Waals surface area contributed by atoms with Gasteiger partial charge in [-0.15, -0.1) is 0 Å². The summed E-state index contributed by atoms with van der Waals surface area (Å²) in [6, 6.07) is 0. The van der Waals surface area contributed by atoms with E-state index in [4.69, 9.17) is 16.7 Å². The molecule has 2 amide bonds. The Kier molecular flexibility index (Phi) is 4.85. The van der Waals surface area contributed by atoms with Crippen molar-refractivity contribution in [2.45, 2.75) is 13.8 Å². The van der Waals surface area contributed by atoms with Gasteiger partial charge in [-0.3, -0.25) is 10.2 Å². The van der Waals surface area contributed by atoms with E-state index in [0.717, 1.165) is 5.01 Å². The van der Waals surface area contributed by atoms with Crippen LogP contribution in [0.5, 0.6) is 0 Å². The Bertz CT molecular complexity index is 435. The first-order valence-corrected chi connectivity index (χ1v) is 5.57. The Hall–Kier alpha value is -1.89. The molecule has 1 heterocycles. The van der Waals surface area contributed by atoms with Crippen LogP contribution >= 0.6 is 11.6 Å². The second-order valence-electron chi connectivity index (χ2n) is 3.95. The molecule has 0 atom stereocenters. The van der Waals surface area contributed by atoms with Gasteiger partial charge in [-0.1, -0.05) is 25.4 Å². The third-order valence-corrected chi connectivity index (χ3v) is 2.06. The topological polar surface area (TPSA) is 95.4 Å². The molecule has 0 aromatic carbocycles. The third-order valence-electron chi connectivity index (χ3n) is 1.87. The van der Waals surface area contributed by atoms with Crippen LogP contribution in [-0.4, -0.2) is 38.6 Å². The van der Waals surface area contributed by atoms with E-state index in [1.165, 1.54) is 12.4 Å². The van der Waals surface area contributed by atoms with Gasteiger partial charge in [-0.25, -0.2) is 19.8 Å². The van der Waals surface area contributed by atoms with Crippen molar-refractivity contribution in [2.24, 2.45) is 5.92 Å². The van der Waals surface area contributed by atoms with E-state index in [1.807, 2.05) is 13.8 Å². The van der Waals surface area contributed by atoms with Gasteiger partial charge in [0.1, 0.15) is 10.8 Å². The lowest BCUT2D eigenvalue weighted by atomic mass is 10.2. The van der Waals surface area contributed by atoms with E-state index in [-0.39, 0.29) is 23.3 Å². The van der Waals surface area contributed by atoms with E-state index in [1.54, 1.807) is 0 Å². The van der Waals surface area contributed by atoms with Crippen LogP contribution < -0.4 is 5.43 Å². The minimum atomic E-state index is -1.24. The summed E-state index contributed by atoms with van der Waals surface area (Å²) in [7, 11) is 0. The maximum atomic E-state index is 11.7. The molecule has 0 unspecified atom stereocenters. The molecular weight excluding hydrogens is 260 g/mol. The van der Waals surface area contributed by atoms with Crippen molar-refractivity contribution in [1.82, 2.24) is 20.4 Å². The number of hydrazine groups is 1. The third kappa shape index (κ3) is 4.17. The lowest BCUT2D eigenvalue weighted by molar-refractivity contribution is 0.0726. The molecule has 0 saturated carbocycles. The molecule has 0 bridgehead atoms. The number of halogens is 1. The van der Waals surface area contributed by atoms with Gasteiger partial charge in [0.05, 0.1) is 12.4 Å². The van der Waals surface area contributed by atoms with E-state index in [9.17, 15) is 9.59 Å². The predicted octanol–water partition coefficient (Wildman–Crippen LogP) is 1.41. The maximum Gasteiger partial charge on any atom is 0.426 e. The highest BCUT2D eigenvalue weighted by atomic mass is 35.5. The molecule has 0 saturated heterocycles. The summed E-state index contributed by atoms with van der Waals surface area (Å²) in [5.74, 6) is -0.570. The van der Waals surface area contributed by atoms with Gasteiger partial charge in [0, 0.05) is 6.54 Å². The number of amides is 2. The lowest BCUT2D eigenvalue weighted by Gasteiger charge is -2.21. The Morgan fingerprint density at radius 3 is 2.56 bits per heavy atom. The highest BCUT2D eigenvalue weighted by Gasteiger charge is 2.18. The Labute approximate surface area is 109 Å². The average Bonchev–Trinajstić information content (AvgIpc) is 2.28. The minimum Gasteiger partial charge on any atom is -0.464 e. The van der Waals surface area contributed by atoms with E-state index < -0.39 is 12.0 Å². The first-order chi connectivity index (χ1) is 8.40. The summed E-state index contributed by atoms with van der Waals surface area (Å²) >= 11 is 5.53. The first-order valence-electron chi connectivity index (χ1n) is 5.19. The van der Waals surface area contributed by atoms with E-state index in [2.05, 4.69) is 15.4 Å².